The van der Waals surface area contributed by atoms with Gasteiger partial charge in [-0.25, -0.2) is 0 Å². The summed E-state index contributed by atoms with van der Waals surface area (Å²) >= 11 is 5.87. The highest BCUT2D eigenvalue weighted by Crippen LogP contribution is 2.25. The molecule has 0 radical (unpaired) electrons. The summed E-state index contributed by atoms with van der Waals surface area (Å²) in [7, 11) is 0. The lowest BCUT2D eigenvalue weighted by Crippen LogP contribution is -2.02. The topological polar surface area (TPSA) is 78.4 Å². The van der Waals surface area contributed by atoms with Crippen molar-refractivity contribution in [1.82, 2.24) is 0 Å². The van der Waals surface area contributed by atoms with Crippen LogP contribution >= 0.6 is 11.6 Å². The van der Waals surface area contributed by atoms with Gasteiger partial charge in [-0.1, -0.05) is 35.9 Å². The van der Waals surface area contributed by atoms with Gasteiger partial charge in [0.1, 0.15) is 5.69 Å². The first kappa shape index (κ1) is 14.3. The van der Waals surface area contributed by atoms with E-state index < -0.39 is 4.92 Å². The molecule has 104 valence electrons. The number of nitro benzene ring substituents is 1. The van der Waals surface area contributed by atoms with Gasteiger partial charge in [0.2, 0.25) is 0 Å². The highest BCUT2D eigenvalue weighted by Gasteiger charge is 2.13. The predicted molar refractivity (Wildman–Crippen MR) is 77.5 cm³/mol. The molecule has 0 aliphatic heterocycles. The molecule has 5 nitrogen and oxygen atoms in total. The Balaban J connectivity index is 2.01. The van der Waals surface area contributed by atoms with Gasteiger partial charge in [0, 0.05) is 16.7 Å². The second kappa shape index (κ2) is 6.36. The van der Waals surface area contributed by atoms with Crippen molar-refractivity contribution in [3.8, 4) is 0 Å². The van der Waals surface area contributed by atoms with Crippen LogP contribution in [0.4, 0.5) is 11.4 Å². The average Bonchev–Trinajstić information content (AvgIpc) is 2.40. The summed E-state index contributed by atoms with van der Waals surface area (Å²) < 4.78 is 5.52. The smallest absolute Gasteiger partial charge is 0.292 e. The maximum absolute atomic E-state index is 10.8. The number of ether oxygens (including phenoxy) is 1. The molecule has 0 fully saturated rings. The lowest BCUT2D eigenvalue weighted by molar-refractivity contribution is -0.384. The molecule has 2 aromatic rings. The Hall–Kier alpha value is -2.11. The SMILES string of the molecule is Nc1c(COCc2cccc(Cl)c2)cccc1[N+](=O)[O-]. The van der Waals surface area contributed by atoms with Crippen molar-refractivity contribution in [3.63, 3.8) is 0 Å². The molecule has 2 aromatic carbocycles. The molecule has 6 heteroatoms. The van der Waals surface area contributed by atoms with Gasteiger partial charge in [0.15, 0.2) is 0 Å². The Kier molecular flexibility index (Phi) is 4.55. The van der Waals surface area contributed by atoms with E-state index in [1.54, 1.807) is 24.3 Å². The van der Waals surface area contributed by atoms with Crippen molar-refractivity contribution in [2.45, 2.75) is 13.2 Å². The van der Waals surface area contributed by atoms with Gasteiger partial charge in [0.05, 0.1) is 18.1 Å². The van der Waals surface area contributed by atoms with Crippen molar-refractivity contribution in [1.29, 1.82) is 0 Å². The number of benzene rings is 2. The number of nitro groups is 1. The third-order valence-corrected chi connectivity index (χ3v) is 3.02. The van der Waals surface area contributed by atoms with E-state index in [4.69, 9.17) is 22.1 Å². The van der Waals surface area contributed by atoms with Crippen LogP contribution < -0.4 is 5.73 Å². The number of hydrogen-bond acceptors (Lipinski definition) is 4. The molecule has 0 aromatic heterocycles. The molecular weight excluding hydrogens is 280 g/mol. The Bertz CT molecular complexity index is 632. The molecular formula is C14H13ClN2O3. The fourth-order valence-corrected chi connectivity index (χ4v) is 2.00. The zero-order valence-electron chi connectivity index (χ0n) is 10.6. The van der Waals surface area contributed by atoms with Crippen LogP contribution in [0.2, 0.25) is 5.02 Å². The first-order chi connectivity index (χ1) is 9.58. The minimum absolute atomic E-state index is 0.103. The fraction of sp³-hybridized carbons (Fsp3) is 0.143. The zero-order chi connectivity index (χ0) is 14.5. The number of hydrogen-bond donors (Lipinski definition) is 1. The lowest BCUT2D eigenvalue weighted by Gasteiger charge is -2.07. The van der Waals surface area contributed by atoms with E-state index in [0.717, 1.165) is 5.56 Å². The van der Waals surface area contributed by atoms with Crippen molar-refractivity contribution in [2.24, 2.45) is 0 Å². The zero-order valence-corrected chi connectivity index (χ0v) is 11.3. The van der Waals surface area contributed by atoms with Gasteiger partial charge in [-0.15, -0.1) is 0 Å². The molecule has 0 bridgehead atoms. The standard InChI is InChI=1S/C14H13ClN2O3/c15-12-5-1-3-10(7-12)8-20-9-11-4-2-6-13(14(11)16)17(18)19/h1-7H,8-9,16H2. The molecule has 2 rings (SSSR count). The number of halogens is 1. The molecule has 0 amide bonds. The molecule has 20 heavy (non-hydrogen) atoms. The van der Waals surface area contributed by atoms with Crippen LogP contribution in [0.3, 0.4) is 0 Å². The summed E-state index contributed by atoms with van der Waals surface area (Å²) in [5.74, 6) is 0. The molecule has 0 aliphatic rings. The summed E-state index contributed by atoms with van der Waals surface area (Å²) in [4.78, 5) is 10.3. The monoisotopic (exact) mass is 292 g/mol. The van der Waals surface area contributed by atoms with E-state index in [9.17, 15) is 10.1 Å². The molecule has 2 N–H and O–H groups in total. The lowest BCUT2D eigenvalue weighted by atomic mass is 10.1. The van der Waals surface area contributed by atoms with E-state index in [-0.39, 0.29) is 18.0 Å². The maximum Gasteiger partial charge on any atom is 0.292 e. The Labute approximate surface area is 121 Å². The summed E-state index contributed by atoms with van der Waals surface area (Å²) in [6, 6.07) is 12.0. The molecule has 0 aliphatic carbocycles. The Morgan fingerprint density at radius 3 is 2.65 bits per heavy atom. The van der Waals surface area contributed by atoms with E-state index in [1.165, 1.54) is 6.07 Å². The molecule has 0 saturated carbocycles. The number of nitrogens with two attached hydrogens (primary N) is 1. The Morgan fingerprint density at radius 2 is 1.95 bits per heavy atom. The number of rotatable bonds is 5. The largest absolute Gasteiger partial charge is 0.393 e. The normalized spacial score (nSPS) is 10.4. The van der Waals surface area contributed by atoms with Crippen LogP contribution in [0, 0.1) is 10.1 Å². The van der Waals surface area contributed by atoms with Gasteiger partial charge in [-0.2, -0.15) is 0 Å². The minimum atomic E-state index is -0.504. The van der Waals surface area contributed by atoms with E-state index in [2.05, 4.69) is 0 Å². The fourth-order valence-electron chi connectivity index (χ4n) is 1.79. The number of para-hydroxylation sites is 1. The maximum atomic E-state index is 10.8. The Morgan fingerprint density at radius 1 is 1.20 bits per heavy atom. The summed E-state index contributed by atoms with van der Waals surface area (Å²) in [5, 5.41) is 11.4. The second-order valence-electron chi connectivity index (χ2n) is 4.23. The van der Waals surface area contributed by atoms with Crippen molar-refractivity contribution >= 4 is 23.0 Å². The van der Waals surface area contributed by atoms with Crippen LogP contribution in [0.1, 0.15) is 11.1 Å². The van der Waals surface area contributed by atoms with Crippen molar-refractivity contribution in [3.05, 3.63) is 68.7 Å². The summed E-state index contributed by atoms with van der Waals surface area (Å²) in [6.07, 6.45) is 0. The quantitative estimate of drug-likeness (QED) is 0.519. The third kappa shape index (κ3) is 3.46. The van der Waals surface area contributed by atoms with Gasteiger partial charge in [-0.3, -0.25) is 10.1 Å². The number of anilines is 1. The highest BCUT2D eigenvalue weighted by atomic mass is 35.5. The van der Waals surface area contributed by atoms with Crippen LogP contribution in [0.5, 0.6) is 0 Å². The molecule has 0 unspecified atom stereocenters. The number of nitrogens with zero attached hydrogens (tertiary/aromatic N) is 1. The predicted octanol–water partition coefficient (Wildman–Crippen LogP) is 3.55. The molecule has 0 saturated heterocycles. The summed E-state index contributed by atoms with van der Waals surface area (Å²) in [6.45, 7) is 0.572. The summed E-state index contributed by atoms with van der Waals surface area (Å²) in [5.41, 5.74) is 7.31. The van der Waals surface area contributed by atoms with Crippen LogP contribution in [-0.4, -0.2) is 4.92 Å². The number of nitrogen functional groups attached to an aromatic ring is 1. The molecule has 0 heterocycles. The third-order valence-electron chi connectivity index (χ3n) is 2.79. The minimum Gasteiger partial charge on any atom is -0.393 e. The molecule has 0 spiro atoms. The second-order valence-corrected chi connectivity index (χ2v) is 4.67. The van der Waals surface area contributed by atoms with Crippen LogP contribution in [-0.2, 0) is 18.0 Å². The first-order valence-corrected chi connectivity index (χ1v) is 6.29. The van der Waals surface area contributed by atoms with Crippen molar-refractivity contribution in [2.75, 3.05) is 5.73 Å². The van der Waals surface area contributed by atoms with E-state index >= 15 is 0 Å². The van der Waals surface area contributed by atoms with Gasteiger partial charge in [0.25, 0.3) is 5.69 Å². The first-order valence-electron chi connectivity index (χ1n) is 5.92. The van der Waals surface area contributed by atoms with Crippen LogP contribution in [0.25, 0.3) is 0 Å². The van der Waals surface area contributed by atoms with Crippen molar-refractivity contribution < 1.29 is 9.66 Å². The van der Waals surface area contributed by atoms with Crippen LogP contribution in [0.15, 0.2) is 42.5 Å². The van der Waals surface area contributed by atoms with Gasteiger partial charge >= 0.3 is 0 Å². The highest BCUT2D eigenvalue weighted by molar-refractivity contribution is 6.30. The van der Waals surface area contributed by atoms with E-state index in [0.29, 0.717) is 17.2 Å². The van der Waals surface area contributed by atoms with E-state index in [1.807, 2.05) is 12.1 Å². The van der Waals surface area contributed by atoms with Gasteiger partial charge < -0.3 is 10.5 Å². The molecule has 0 atom stereocenters. The average molecular weight is 293 g/mol. The van der Waals surface area contributed by atoms with Gasteiger partial charge in [-0.05, 0) is 17.7 Å².